The number of carbonyl (C=O) groups excluding carboxylic acids is 3. The molecular weight excluding hydrogens is 678 g/mol. The van der Waals surface area contributed by atoms with Crippen LogP contribution in [-0.2, 0) is 9.53 Å². The summed E-state index contributed by atoms with van der Waals surface area (Å²) in [5, 5.41) is 15.8. The Balaban J connectivity index is 1.48. The van der Waals surface area contributed by atoms with Gasteiger partial charge in [-0.3, -0.25) is 9.59 Å². The molecule has 0 radical (unpaired) electrons. The van der Waals surface area contributed by atoms with Crippen LogP contribution < -0.4 is 10.6 Å². The minimum absolute atomic E-state index is 0.0207. The number of rotatable bonds is 9. The van der Waals surface area contributed by atoms with Crippen LogP contribution in [-0.4, -0.2) is 41.7 Å². The van der Waals surface area contributed by atoms with Gasteiger partial charge < -0.3 is 20.5 Å². The van der Waals surface area contributed by atoms with Gasteiger partial charge in [0.25, 0.3) is 5.91 Å². The van der Waals surface area contributed by atoms with Crippen molar-refractivity contribution in [1.82, 2.24) is 0 Å². The number of aryl methyl sites for hydroxylation is 1. The highest BCUT2D eigenvalue weighted by Crippen LogP contribution is 2.42. The zero-order valence-electron chi connectivity index (χ0n) is 22.2. The highest BCUT2D eigenvalue weighted by atomic mass is 35.5. The molecule has 8 nitrogen and oxygen atoms in total. The Hall–Kier alpha value is -3.25. The molecule has 3 N–H and O–H groups in total. The number of carbonyl (C=O) groups is 4. The molecule has 4 aromatic rings. The van der Waals surface area contributed by atoms with Crippen molar-refractivity contribution < 1.29 is 29.0 Å². The van der Waals surface area contributed by atoms with E-state index < -0.39 is 34.0 Å². The Bertz CT molecular complexity index is 1760. The monoisotopic (exact) mass is 696 g/mol. The minimum atomic E-state index is -1.52. The quantitative estimate of drug-likeness (QED) is 0.0692. The van der Waals surface area contributed by atoms with Gasteiger partial charge in [0, 0.05) is 21.5 Å². The summed E-state index contributed by atoms with van der Waals surface area (Å²) in [6.07, 6.45) is 0. The second kappa shape index (κ2) is 14.0. The third-order valence-corrected chi connectivity index (χ3v) is 9.66. The second-order valence-electron chi connectivity index (χ2n) is 8.84. The number of thioether (sulfide) groups is 1. The van der Waals surface area contributed by atoms with Gasteiger partial charge >= 0.3 is 11.9 Å². The van der Waals surface area contributed by atoms with Crippen molar-refractivity contribution in [3.8, 4) is 11.1 Å². The number of methoxy groups -OCH3 is 1. The number of benzene rings is 3. The minimum Gasteiger partial charge on any atom is -0.478 e. The third kappa shape index (κ3) is 7.29. The molecule has 0 aliphatic rings. The molecule has 4 rings (SSSR count). The van der Waals surface area contributed by atoms with Crippen LogP contribution in [0.5, 0.6) is 0 Å². The number of hydrogen-bond donors (Lipinski definition) is 3. The number of ether oxygens (including phenoxy) is 1. The van der Waals surface area contributed by atoms with Gasteiger partial charge in [-0.1, -0.05) is 82.3 Å². The lowest BCUT2D eigenvalue weighted by molar-refractivity contribution is -0.113. The summed E-state index contributed by atoms with van der Waals surface area (Å²) in [6.45, 7) is 1.96. The fourth-order valence-electron chi connectivity index (χ4n) is 3.91. The largest absolute Gasteiger partial charge is 0.478 e. The van der Waals surface area contributed by atoms with Crippen LogP contribution in [0.15, 0.2) is 58.8 Å². The van der Waals surface area contributed by atoms with Gasteiger partial charge in [0.05, 0.1) is 44.1 Å². The van der Waals surface area contributed by atoms with Gasteiger partial charge in [0.1, 0.15) is 10.6 Å². The smallest absolute Gasteiger partial charge is 0.341 e. The van der Waals surface area contributed by atoms with Gasteiger partial charge in [-0.25, -0.2) is 9.59 Å². The molecular formula is C29H20Cl4N2O6S2. The van der Waals surface area contributed by atoms with Crippen LogP contribution >= 0.6 is 69.5 Å². The molecule has 0 saturated carbocycles. The molecule has 0 fully saturated rings. The molecule has 0 atom stereocenters. The van der Waals surface area contributed by atoms with Crippen LogP contribution in [0.3, 0.4) is 0 Å². The fourth-order valence-corrected chi connectivity index (χ4v) is 6.66. The van der Waals surface area contributed by atoms with Crippen LogP contribution in [0.25, 0.3) is 11.1 Å². The molecule has 1 aromatic heterocycles. The number of hydrogen-bond acceptors (Lipinski definition) is 7. The topological polar surface area (TPSA) is 122 Å². The number of carboxylic acids is 1. The van der Waals surface area contributed by atoms with Crippen molar-refractivity contribution >= 4 is 104 Å². The third-order valence-electron chi connectivity index (χ3n) is 5.97. The predicted molar refractivity (Wildman–Crippen MR) is 173 cm³/mol. The highest BCUT2D eigenvalue weighted by molar-refractivity contribution is 8.00. The molecule has 0 aliphatic carbocycles. The normalized spacial score (nSPS) is 10.7. The Labute approximate surface area is 274 Å². The van der Waals surface area contributed by atoms with E-state index in [1.807, 2.05) is 31.2 Å². The number of thiophene rings is 1. The van der Waals surface area contributed by atoms with E-state index in [0.29, 0.717) is 21.1 Å². The summed E-state index contributed by atoms with van der Waals surface area (Å²) >= 11 is 26.6. The molecule has 0 spiro atoms. The average Bonchev–Trinajstić information content (AvgIpc) is 3.39. The second-order valence-corrected chi connectivity index (χ2v) is 12.3. The number of carboxylic acid groups (broad SMARTS) is 1. The standard InChI is InChI=1S/C29H20Cl4N2O6S2/c1-13-6-8-14(9-7-13)17-11-43-27(19(17)29(40)41-2)35-18(36)12-42-16-5-3-4-15(10-16)34-26(37)20-21(28(38)39)23(31)25(33)24(32)22(20)30/h3-11H,12H2,1-2H3,(H,34,37)(H,35,36)(H,38,39). The van der Waals surface area contributed by atoms with Gasteiger partial charge in [0.2, 0.25) is 5.91 Å². The lowest BCUT2D eigenvalue weighted by atomic mass is 10.0. The molecule has 0 bridgehead atoms. The van der Waals surface area contributed by atoms with E-state index in [0.717, 1.165) is 11.1 Å². The summed E-state index contributed by atoms with van der Waals surface area (Å²) in [7, 11) is 1.28. The van der Waals surface area contributed by atoms with Crippen molar-refractivity contribution in [3.63, 3.8) is 0 Å². The van der Waals surface area contributed by atoms with Crippen molar-refractivity contribution in [2.24, 2.45) is 0 Å². The lowest BCUT2D eigenvalue weighted by Gasteiger charge is -2.14. The Kier molecular flexibility index (Phi) is 10.7. The molecule has 2 amide bonds. The van der Waals surface area contributed by atoms with Crippen LogP contribution in [0.4, 0.5) is 10.7 Å². The molecule has 0 unspecified atom stereocenters. The van der Waals surface area contributed by atoms with E-state index in [4.69, 9.17) is 51.1 Å². The van der Waals surface area contributed by atoms with E-state index in [1.54, 1.807) is 29.6 Å². The molecule has 43 heavy (non-hydrogen) atoms. The SMILES string of the molecule is COC(=O)c1c(-c2ccc(C)cc2)csc1NC(=O)CSc1cccc(NC(=O)c2c(Cl)c(Cl)c(Cl)c(Cl)c2C(=O)O)c1. The molecule has 3 aromatic carbocycles. The first-order valence-corrected chi connectivity index (χ1v) is 15.5. The van der Waals surface area contributed by atoms with Crippen molar-refractivity contribution in [2.45, 2.75) is 11.8 Å². The van der Waals surface area contributed by atoms with E-state index >= 15 is 0 Å². The lowest BCUT2D eigenvalue weighted by Crippen LogP contribution is -2.18. The predicted octanol–water partition coefficient (Wildman–Crippen LogP) is 8.81. The van der Waals surface area contributed by atoms with E-state index in [2.05, 4.69) is 10.6 Å². The summed E-state index contributed by atoms with van der Waals surface area (Å²) < 4.78 is 4.97. The first kappa shape index (κ1) is 32.7. The summed E-state index contributed by atoms with van der Waals surface area (Å²) in [5.74, 6) is -3.35. The van der Waals surface area contributed by atoms with Gasteiger partial charge in [-0.15, -0.1) is 23.1 Å². The fraction of sp³-hybridized carbons (Fsp3) is 0.103. The number of nitrogens with one attached hydrogen (secondary N) is 2. The number of aromatic carboxylic acids is 1. The maximum absolute atomic E-state index is 13.1. The summed E-state index contributed by atoms with van der Waals surface area (Å²) in [6, 6.07) is 14.2. The maximum Gasteiger partial charge on any atom is 0.341 e. The maximum atomic E-state index is 13.1. The van der Waals surface area contributed by atoms with Crippen LogP contribution in [0.1, 0.15) is 36.6 Å². The first-order chi connectivity index (χ1) is 20.4. The number of amides is 2. The van der Waals surface area contributed by atoms with Crippen LogP contribution in [0.2, 0.25) is 20.1 Å². The average molecular weight is 698 g/mol. The molecule has 0 aliphatic heterocycles. The number of halogens is 4. The Morgan fingerprint density at radius 3 is 2.16 bits per heavy atom. The summed E-state index contributed by atoms with van der Waals surface area (Å²) in [4.78, 5) is 51.0. The number of esters is 1. The Morgan fingerprint density at radius 2 is 1.53 bits per heavy atom. The summed E-state index contributed by atoms with van der Waals surface area (Å²) in [5.41, 5.74) is 2.05. The molecule has 14 heteroatoms. The van der Waals surface area contributed by atoms with Crippen molar-refractivity contribution in [1.29, 1.82) is 0 Å². The highest BCUT2D eigenvalue weighted by Gasteiger charge is 2.29. The van der Waals surface area contributed by atoms with Gasteiger partial charge in [0.15, 0.2) is 0 Å². The first-order valence-electron chi connectivity index (χ1n) is 12.1. The van der Waals surface area contributed by atoms with Crippen LogP contribution in [0, 0.1) is 6.92 Å². The van der Waals surface area contributed by atoms with E-state index in [-0.39, 0.29) is 32.3 Å². The number of anilines is 2. The molecule has 1 heterocycles. The molecule has 0 saturated heterocycles. The molecule has 222 valence electrons. The van der Waals surface area contributed by atoms with Crippen molar-refractivity contribution in [2.75, 3.05) is 23.5 Å². The van der Waals surface area contributed by atoms with Gasteiger partial charge in [-0.2, -0.15) is 0 Å². The zero-order valence-corrected chi connectivity index (χ0v) is 26.9. The van der Waals surface area contributed by atoms with Gasteiger partial charge in [-0.05, 0) is 30.7 Å². The zero-order chi connectivity index (χ0) is 31.4. The Morgan fingerprint density at radius 1 is 0.884 bits per heavy atom. The van der Waals surface area contributed by atoms with Crippen molar-refractivity contribution in [3.05, 3.63) is 96.3 Å². The van der Waals surface area contributed by atoms with E-state index in [9.17, 15) is 24.3 Å². The van der Waals surface area contributed by atoms with E-state index in [1.165, 1.54) is 30.2 Å².